The lowest BCUT2D eigenvalue weighted by atomic mass is 10.3. The Morgan fingerprint density at radius 2 is 1.69 bits per heavy atom. The quantitative estimate of drug-likeness (QED) is 0.471. The van der Waals surface area contributed by atoms with E-state index in [2.05, 4.69) is 37.3 Å². The molecule has 0 aromatic carbocycles. The third-order valence-corrected chi connectivity index (χ3v) is 1.57. The van der Waals surface area contributed by atoms with E-state index in [1.807, 2.05) is 6.08 Å². The summed E-state index contributed by atoms with van der Waals surface area (Å²) >= 11 is 0. The van der Waals surface area contributed by atoms with Crippen molar-refractivity contribution >= 4 is 0 Å². The molecule has 0 aliphatic carbocycles. The van der Waals surface area contributed by atoms with Gasteiger partial charge in [-0.2, -0.15) is 0 Å². The molecule has 13 heavy (non-hydrogen) atoms. The zero-order valence-electron chi connectivity index (χ0n) is 8.45. The standard InChI is InChI=1S/C12H20O/c1-2-3-4-5-6-7-8-9-10-11-12-13/h4-7,9-10,13H,2-3,8,11-12H2,1H3/b5-4-,7-6+,10-9+. The average molecular weight is 180 g/mol. The van der Waals surface area contributed by atoms with Crippen LogP contribution in [0.25, 0.3) is 0 Å². The molecule has 0 aromatic heterocycles. The maximum atomic E-state index is 8.49. The largest absolute Gasteiger partial charge is 0.396 e. The number of aliphatic hydroxyl groups excluding tert-OH is 1. The molecule has 0 rings (SSSR count). The summed E-state index contributed by atoms with van der Waals surface area (Å²) in [6, 6.07) is 0. The van der Waals surface area contributed by atoms with E-state index in [0.29, 0.717) is 0 Å². The lowest BCUT2D eigenvalue weighted by Gasteiger charge is -1.83. The molecular weight excluding hydrogens is 160 g/mol. The number of unbranched alkanes of at least 4 members (excludes halogenated alkanes) is 1. The fourth-order valence-corrected chi connectivity index (χ4v) is 0.866. The van der Waals surface area contributed by atoms with Crippen LogP contribution in [0.1, 0.15) is 32.6 Å². The topological polar surface area (TPSA) is 20.2 Å². The molecule has 0 spiro atoms. The summed E-state index contributed by atoms with van der Waals surface area (Å²) in [7, 11) is 0. The van der Waals surface area contributed by atoms with Crippen LogP contribution < -0.4 is 0 Å². The summed E-state index contributed by atoms with van der Waals surface area (Å²) in [6.07, 6.45) is 16.6. The highest BCUT2D eigenvalue weighted by molar-refractivity contribution is 5.04. The van der Waals surface area contributed by atoms with Crippen LogP contribution in [0.3, 0.4) is 0 Å². The predicted molar refractivity (Wildman–Crippen MR) is 58.6 cm³/mol. The zero-order valence-corrected chi connectivity index (χ0v) is 8.45. The Morgan fingerprint density at radius 1 is 0.923 bits per heavy atom. The van der Waals surface area contributed by atoms with E-state index in [4.69, 9.17) is 5.11 Å². The van der Waals surface area contributed by atoms with Gasteiger partial charge in [-0.25, -0.2) is 0 Å². The summed E-state index contributed by atoms with van der Waals surface area (Å²) in [5.74, 6) is 0. The average Bonchev–Trinajstić information content (AvgIpc) is 2.16. The van der Waals surface area contributed by atoms with E-state index in [1.54, 1.807) is 0 Å². The Hall–Kier alpha value is -0.820. The minimum Gasteiger partial charge on any atom is -0.396 e. The summed E-state index contributed by atoms with van der Waals surface area (Å²) < 4.78 is 0. The van der Waals surface area contributed by atoms with Crippen molar-refractivity contribution in [1.82, 2.24) is 0 Å². The number of hydrogen-bond acceptors (Lipinski definition) is 1. The molecule has 0 atom stereocenters. The summed E-state index contributed by atoms with van der Waals surface area (Å²) in [6.45, 7) is 2.42. The second-order valence-corrected chi connectivity index (χ2v) is 2.86. The van der Waals surface area contributed by atoms with Crippen molar-refractivity contribution in [1.29, 1.82) is 0 Å². The summed E-state index contributed by atoms with van der Waals surface area (Å²) in [4.78, 5) is 0. The van der Waals surface area contributed by atoms with Crippen LogP contribution in [0.2, 0.25) is 0 Å². The highest BCUT2D eigenvalue weighted by atomic mass is 16.2. The van der Waals surface area contributed by atoms with Crippen LogP contribution >= 0.6 is 0 Å². The Morgan fingerprint density at radius 3 is 2.38 bits per heavy atom. The second kappa shape index (κ2) is 11.2. The molecule has 0 aliphatic rings. The molecule has 1 heteroatoms. The normalized spacial score (nSPS) is 12.5. The Labute approximate surface area is 81.5 Å². The molecule has 0 saturated heterocycles. The summed E-state index contributed by atoms with van der Waals surface area (Å²) in [5.41, 5.74) is 0. The van der Waals surface area contributed by atoms with Gasteiger partial charge < -0.3 is 5.11 Å². The molecule has 0 aromatic rings. The van der Waals surface area contributed by atoms with Crippen molar-refractivity contribution < 1.29 is 5.11 Å². The number of allylic oxidation sites excluding steroid dienone is 5. The van der Waals surface area contributed by atoms with Gasteiger partial charge in [0.05, 0.1) is 0 Å². The van der Waals surface area contributed by atoms with Gasteiger partial charge in [-0.3, -0.25) is 0 Å². The molecule has 0 bridgehead atoms. The number of hydrogen-bond donors (Lipinski definition) is 1. The monoisotopic (exact) mass is 180 g/mol. The van der Waals surface area contributed by atoms with E-state index >= 15 is 0 Å². The highest BCUT2D eigenvalue weighted by Crippen LogP contribution is 1.91. The Kier molecular flexibility index (Phi) is 10.5. The first-order valence-corrected chi connectivity index (χ1v) is 4.99. The van der Waals surface area contributed by atoms with E-state index in [-0.39, 0.29) is 6.61 Å². The van der Waals surface area contributed by atoms with Crippen molar-refractivity contribution in [3.05, 3.63) is 36.5 Å². The third-order valence-electron chi connectivity index (χ3n) is 1.57. The van der Waals surface area contributed by atoms with Gasteiger partial charge in [-0.1, -0.05) is 49.8 Å². The van der Waals surface area contributed by atoms with Crippen LogP contribution in [-0.4, -0.2) is 11.7 Å². The lowest BCUT2D eigenvalue weighted by molar-refractivity contribution is 0.302. The van der Waals surface area contributed by atoms with Crippen molar-refractivity contribution in [2.75, 3.05) is 6.61 Å². The first-order chi connectivity index (χ1) is 6.41. The lowest BCUT2D eigenvalue weighted by Crippen LogP contribution is -1.74. The molecule has 0 fully saturated rings. The molecule has 0 aliphatic heterocycles. The Bertz CT molecular complexity index is 166. The van der Waals surface area contributed by atoms with Gasteiger partial charge >= 0.3 is 0 Å². The van der Waals surface area contributed by atoms with Gasteiger partial charge in [0, 0.05) is 6.61 Å². The zero-order chi connectivity index (χ0) is 9.78. The van der Waals surface area contributed by atoms with Crippen LogP contribution in [-0.2, 0) is 0 Å². The molecular formula is C12H20O. The maximum absolute atomic E-state index is 8.49. The van der Waals surface area contributed by atoms with Crippen molar-refractivity contribution in [2.45, 2.75) is 32.6 Å². The van der Waals surface area contributed by atoms with Crippen LogP contribution in [0.15, 0.2) is 36.5 Å². The third kappa shape index (κ3) is 11.2. The first-order valence-electron chi connectivity index (χ1n) is 4.99. The van der Waals surface area contributed by atoms with Crippen molar-refractivity contribution in [3.63, 3.8) is 0 Å². The number of aliphatic hydroxyl groups is 1. The van der Waals surface area contributed by atoms with Gasteiger partial charge in [-0.05, 0) is 19.3 Å². The SMILES string of the molecule is CCC/C=C\C=C\C/C=C/CCO. The highest BCUT2D eigenvalue weighted by Gasteiger charge is 1.73. The minimum absolute atomic E-state index is 0.247. The fraction of sp³-hybridized carbons (Fsp3) is 0.500. The van der Waals surface area contributed by atoms with Crippen molar-refractivity contribution in [3.8, 4) is 0 Å². The molecule has 0 radical (unpaired) electrons. The molecule has 74 valence electrons. The van der Waals surface area contributed by atoms with Crippen LogP contribution in [0.4, 0.5) is 0 Å². The van der Waals surface area contributed by atoms with Crippen LogP contribution in [0.5, 0.6) is 0 Å². The van der Waals surface area contributed by atoms with E-state index in [1.165, 1.54) is 6.42 Å². The van der Waals surface area contributed by atoms with Crippen molar-refractivity contribution in [2.24, 2.45) is 0 Å². The molecule has 0 heterocycles. The van der Waals surface area contributed by atoms with Gasteiger partial charge in [0.25, 0.3) is 0 Å². The molecule has 0 saturated carbocycles. The van der Waals surface area contributed by atoms with E-state index in [0.717, 1.165) is 19.3 Å². The molecule has 0 amide bonds. The minimum atomic E-state index is 0.247. The van der Waals surface area contributed by atoms with Gasteiger partial charge in [0.1, 0.15) is 0 Å². The Balaban J connectivity index is 3.30. The van der Waals surface area contributed by atoms with Gasteiger partial charge in [-0.15, -0.1) is 0 Å². The predicted octanol–water partition coefficient (Wildman–Crippen LogP) is 3.23. The molecule has 1 nitrogen and oxygen atoms in total. The second-order valence-electron chi connectivity index (χ2n) is 2.86. The first kappa shape index (κ1) is 12.2. The van der Waals surface area contributed by atoms with Crippen LogP contribution in [0, 0.1) is 0 Å². The number of rotatable bonds is 7. The maximum Gasteiger partial charge on any atom is 0.0465 e. The van der Waals surface area contributed by atoms with Gasteiger partial charge in [0.15, 0.2) is 0 Å². The summed E-state index contributed by atoms with van der Waals surface area (Å²) in [5, 5.41) is 8.49. The van der Waals surface area contributed by atoms with E-state index < -0.39 is 0 Å². The smallest absolute Gasteiger partial charge is 0.0465 e. The molecule has 0 unspecified atom stereocenters. The molecule has 1 N–H and O–H groups in total. The van der Waals surface area contributed by atoms with E-state index in [9.17, 15) is 0 Å². The van der Waals surface area contributed by atoms with Gasteiger partial charge in [0.2, 0.25) is 0 Å². The fourth-order valence-electron chi connectivity index (χ4n) is 0.866.